The molecule has 28 heavy (non-hydrogen) atoms. The number of halogens is 4. The number of β-amino-alcohol motifs (C(OH)–C–C–N with tert-alkyl or cyclic N) is 1. The number of anilines is 2. The summed E-state index contributed by atoms with van der Waals surface area (Å²) in [5.41, 5.74) is -2.50. The molecule has 11 heteroatoms. The molecule has 0 unspecified atom stereocenters. The minimum absolute atomic E-state index is 0.266. The maximum atomic E-state index is 14.8. The van der Waals surface area contributed by atoms with Gasteiger partial charge >= 0.3 is 6.18 Å². The number of hydrogen-bond acceptors (Lipinski definition) is 6. The van der Waals surface area contributed by atoms with Crippen molar-refractivity contribution in [2.45, 2.75) is 57.6 Å². The predicted molar refractivity (Wildman–Crippen MR) is 94.2 cm³/mol. The molecule has 1 aromatic heterocycles. The molecule has 158 valence electrons. The highest BCUT2D eigenvalue weighted by atomic mass is 19.4. The van der Waals surface area contributed by atoms with Crippen molar-refractivity contribution in [3.8, 4) is 0 Å². The summed E-state index contributed by atoms with van der Waals surface area (Å²) in [5, 5.41) is 10.1. The van der Waals surface area contributed by atoms with E-state index in [0.717, 1.165) is 9.47 Å². The van der Waals surface area contributed by atoms with Crippen molar-refractivity contribution in [2.24, 2.45) is 0 Å². The molecule has 1 saturated heterocycles. The Bertz CT molecular complexity index is 790. The molecule has 3 heterocycles. The van der Waals surface area contributed by atoms with Crippen LogP contribution in [-0.2, 0) is 11.3 Å². The van der Waals surface area contributed by atoms with Gasteiger partial charge in [0.05, 0.1) is 24.9 Å². The Morgan fingerprint density at radius 2 is 1.96 bits per heavy atom. The summed E-state index contributed by atoms with van der Waals surface area (Å²) in [4.78, 5) is 19.1. The highest BCUT2D eigenvalue weighted by Crippen LogP contribution is 2.35. The normalized spacial score (nSPS) is 23.7. The molecule has 1 aromatic rings. The fraction of sp³-hybridized carbons (Fsp3) is 0.765. The van der Waals surface area contributed by atoms with Gasteiger partial charge in [0, 0.05) is 19.6 Å². The number of nitrogens with zero attached hydrogens (tertiary/aromatic N) is 4. The highest BCUT2D eigenvalue weighted by molar-refractivity contribution is 5.49. The molecule has 1 N–H and O–H groups in total. The Labute approximate surface area is 159 Å². The van der Waals surface area contributed by atoms with E-state index in [9.17, 15) is 27.5 Å². The maximum Gasteiger partial charge on any atom is 0.408 e. The standard InChI is InChI=1S/C17H24F4N4O3/c1-10-8-28-7-6-23(10)13-12(18)14(26)24-5-4-11(17(19,20)21)25(15(24)22-13)9-16(2,3)27/h10-11,27H,4-9H2,1-3H3/t10-,11+/m1/s1. The quantitative estimate of drug-likeness (QED) is 0.765. The summed E-state index contributed by atoms with van der Waals surface area (Å²) in [7, 11) is 0. The third-order valence-electron chi connectivity index (χ3n) is 4.91. The summed E-state index contributed by atoms with van der Waals surface area (Å²) in [6.07, 6.45) is -5.02. The number of morpholine rings is 1. The third kappa shape index (κ3) is 3.95. The zero-order chi connectivity index (χ0) is 20.9. The molecule has 0 aliphatic carbocycles. The summed E-state index contributed by atoms with van der Waals surface area (Å²) >= 11 is 0. The summed E-state index contributed by atoms with van der Waals surface area (Å²) < 4.78 is 61.8. The van der Waals surface area contributed by atoms with Gasteiger partial charge in [-0.15, -0.1) is 0 Å². The van der Waals surface area contributed by atoms with Crippen LogP contribution >= 0.6 is 0 Å². The van der Waals surface area contributed by atoms with Crippen LogP contribution in [0, 0.1) is 5.82 Å². The minimum Gasteiger partial charge on any atom is -0.389 e. The first-order valence-corrected chi connectivity index (χ1v) is 9.10. The van der Waals surface area contributed by atoms with Crippen molar-refractivity contribution in [3.05, 3.63) is 16.2 Å². The zero-order valence-corrected chi connectivity index (χ0v) is 16.0. The summed E-state index contributed by atoms with van der Waals surface area (Å²) in [6.45, 7) is 4.63. The molecule has 2 aliphatic rings. The SMILES string of the molecule is C[C@@H]1COCCN1c1nc2n(c(=O)c1F)CC[C@@H](C(F)(F)F)N2CC(C)(C)O. The molecular weight excluding hydrogens is 384 g/mol. The number of aliphatic hydroxyl groups is 1. The molecule has 7 nitrogen and oxygen atoms in total. The topological polar surface area (TPSA) is 70.8 Å². The number of fused-ring (bicyclic) bond motifs is 1. The van der Waals surface area contributed by atoms with Crippen molar-refractivity contribution in [3.63, 3.8) is 0 Å². The van der Waals surface area contributed by atoms with Gasteiger partial charge in [0.25, 0.3) is 5.56 Å². The zero-order valence-electron chi connectivity index (χ0n) is 16.0. The molecule has 1 fully saturated rings. The second-order valence-corrected chi connectivity index (χ2v) is 7.91. The van der Waals surface area contributed by atoms with Crippen LogP contribution in [0.25, 0.3) is 0 Å². The Balaban J connectivity index is 2.14. The molecule has 0 radical (unpaired) electrons. The molecule has 0 spiro atoms. The average molecular weight is 408 g/mol. The molecule has 2 aliphatic heterocycles. The Morgan fingerprint density at radius 3 is 2.54 bits per heavy atom. The van der Waals surface area contributed by atoms with Gasteiger partial charge in [-0.05, 0) is 27.2 Å². The predicted octanol–water partition coefficient (Wildman–Crippen LogP) is 1.52. The van der Waals surface area contributed by atoms with E-state index in [1.165, 1.54) is 18.7 Å². The van der Waals surface area contributed by atoms with Crippen LogP contribution in [0.1, 0.15) is 27.2 Å². The van der Waals surface area contributed by atoms with Crippen LogP contribution in [0.4, 0.5) is 29.3 Å². The summed E-state index contributed by atoms with van der Waals surface area (Å²) in [6, 6.07) is -2.21. The summed E-state index contributed by atoms with van der Waals surface area (Å²) in [5.74, 6) is -1.66. The van der Waals surface area contributed by atoms with Crippen LogP contribution in [0.5, 0.6) is 0 Å². The number of ether oxygens (including phenoxy) is 1. The van der Waals surface area contributed by atoms with Crippen molar-refractivity contribution in [1.82, 2.24) is 9.55 Å². The lowest BCUT2D eigenvalue weighted by molar-refractivity contribution is -0.154. The highest BCUT2D eigenvalue weighted by Gasteiger charge is 2.48. The van der Waals surface area contributed by atoms with Gasteiger partial charge in [-0.25, -0.2) is 0 Å². The van der Waals surface area contributed by atoms with Gasteiger partial charge in [-0.3, -0.25) is 9.36 Å². The van der Waals surface area contributed by atoms with Crippen molar-refractivity contribution in [1.29, 1.82) is 0 Å². The molecule has 0 bridgehead atoms. The van der Waals surface area contributed by atoms with E-state index in [1.54, 1.807) is 6.92 Å². The molecular formula is C17H24F4N4O3. The monoisotopic (exact) mass is 408 g/mol. The van der Waals surface area contributed by atoms with E-state index < -0.39 is 42.2 Å². The number of aromatic nitrogens is 2. The average Bonchev–Trinajstić information content (AvgIpc) is 2.57. The van der Waals surface area contributed by atoms with E-state index in [2.05, 4.69) is 4.98 Å². The number of rotatable bonds is 3. The van der Waals surface area contributed by atoms with Crippen molar-refractivity contribution >= 4 is 11.8 Å². The largest absolute Gasteiger partial charge is 0.408 e. The second kappa shape index (κ2) is 7.18. The number of alkyl halides is 3. The van der Waals surface area contributed by atoms with Crippen molar-refractivity contribution < 1.29 is 27.4 Å². The Hall–Kier alpha value is -1.88. The van der Waals surface area contributed by atoms with E-state index in [0.29, 0.717) is 6.61 Å². The Kier molecular flexibility index (Phi) is 5.34. The van der Waals surface area contributed by atoms with Gasteiger partial charge < -0.3 is 19.6 Å². The molecule has 0 amide bonds. The second-order valence-electron chi connectivity index (χ2n) is 7.91. The first-order valence-electron chi connectivity index (χ1n) is 9.10. The molecule has 3 rings (SSSR count). The van der Waals surface area contributed by atoms with E-state index in [-0.39, 0.29) is 37.5 Å². The van der Waals surface area contributed by atoms with Gasteiger partial charge in [0.2, 0.25) is 11.8 Å². The smallest absolute Gasteiger partial charge is 0.389 e. The van der Waals surface area contributed by atoms with Crippen LogP contribution in [-0.4, -0.2) is 64.8 Å². The van der Waals surface area contributed by atoms with Crippen LogP contribution in [0.3, 0.4) is 0 Å². The van der Waals surface area contributed by atoms with Crippen LogP contribution in [0.15, 0.2) is 4.79 Å². The lowest BCUT2D eigenvalue weighted by Crippen LogP contribution is -2.56. The molecule has 0 saturated carbocycles. The van der Waals surface area contributed by atoms with Crippen molar-refractivity contribution in [2.75, 3.05) is 36.1 Å². The lowest BCUT2D eigenvalue weighted by Gasteiger charge is -2.42. The first-order chi connectivity index (χ1) is 12.9. The van der Waals surface area contributed by atoms with Crippen LogP contribution in [0.2, 0.25) is 0 Å². The van der Waals surface area contributed by atoms with Gasteiger partial charge in [-0.1, -0.05) is 0 Å². The van der Waals surface area contributed by atoms with Gasteiger partial charge in [-0.2, -0.15) is 22.5 Å². The maximum absolute atomic E-state index is 14.8. The fourth-order valence-corrected chi connectivity index (χ4v) is 3.65. The van der Waals surface area contributed by atoms with E-state index >= 15 is 0 Å². The molecule has 2 atom stereocenters. The minimum atomic E-state index is -4.59. The van der Waals surface area contributed by atoms with E-state index in [1.807, 2.05) is 0 Å². The van der Waals surface area contributed by atoms with Crippen LogP contribution < -0.4 is 15.4 Å². The number of hydrogen-bond donors (Lipinski definition) is 1. The van der Waals surface area contributed by atoms with Gasteiger partial charge in [0.1, 0.15) is 6.04 Å². The fourth-order valence-electron chi connectivity index (χ4n) is 3.65. The first kappa shape index (κ1) is 20.8. The van der Waals surface area contributed by atoms with Gasteiger partial charge in [0.15, 0.2) is 5.82 Å². The molecule has 0 aromatic carbocycles. The van der Waals surface area contributed by atoms with E-state index in [4.69, 9.17) is 4.74 Å². The lowest BCUT2D eigenvalue weighted by atomic mass is 10.0. The third-order valence-corrected chi connectivity index (χ3v) is 4.91. The Morgan fingerprint density at radius 1 is 1.29 bits per heavy atom.